The van der Waals surface area contributed by atoms with Crippen molar-refractivity contribution in [3.05, 3.63) is 24.2 Å². The molecule has 0 fully saturated rings. The second kappa shape index (κ2) is 3.85. The van der Waals surface area contributed by atoms with Crippen molar-refractivity contribution < 1.29 is 4.42 Å². The van der Waals surface area contributed by atoms with E-state index in [1.165, 1.54) is 0 Å². The number of furan rings is 1. The Balaban J connectivity index is 2.53. The summed E-state index contributed by atoms with van der Waals surface area (Å²) in [6.45, 7) is 1.81. The van der Waals surface area contributed by atoms with Crippen LogP contribution >= 0.6 is 0 Å². The van der Waals surface area contributed by atoms with Crippen molar-refractivity contribution in [1.29, 1.82) is 0 Å². The van der Waals surface area contributed by atoms with E-state index in [1.807, 2.05) is 13.0 Å². The van der Waals surface area contributed by atoms with Gasteiger partial charge in [-0.25, -0.2) is 0 Å². The van der Waals surface area contributed by atoms with Crippen LogP contribution in [0.15, 0.2) is 23.0 Å². The molecule has 0 saturated carbocycles. The molecule has 1 heterocycles. The summed E-state index contributed by atoms with van der Waals surface area (Å²) in [5, 5.41) is 0. The van der Waals surface area contributed by atoms with Crippen molar-refractivity contribution in [2.45, 2.75) is 19.4 Å². The minimum Gasteiger partial charge on any atom is -0.472 e. The summed E-state index contributed by atoms with van der Waals surface area (Å²) in [6, 6.07) is 1.85. The summed E-state index contributed by atoms with van der Waals surface area (Å²) in [6.07, 6.45) is 3.96. The largest absolute Gasteiger partial charge is 0.472 e. The highest BCUT2D eigenvalue weighted by molar-refractivity contribution is 5.14. The molecule has 1 aromatic heterocycles. The van der Waals surface area contributed by atoms with Gasteiger partial charge in [-0.15, -0.1) is 11.8 Å². The van der Waals surface area contributed by atoms with E-state index in [4.69, 9.17) is 10.2 Å². The Bertz CT molecular complexity index is 253. The second-order valence-corrected chi connectivity index (χ2v) is 2.29. The molecule has 0 bridgehead atoms. The highest BCUT2D eigenvalue weighted by Gasteiger charge is 2.03. The Kier molecular flexibility index (Phi) is 2.76. The zero-order valence-corrected chi connectivity index (χ0v) is 6.50. The number of hydrogen-bond acceptors (Lipinski definition) is 2. The minimum absolute atomic E-state index is 0.0128. The molecular formula is C9H11NO. The van der Waals surface area contributed by atoms with Gasteiger partial charge in [0.25, 0.3) is 0 Å². The van der Waals surface area contributed by atoms with E-state index in [-0.39, 0.29) is 6.04 Å². The van der Waals surface area contributed by atoms with Crippen molar-refractivity contribution >= 4 is 0 Å². The average Bonchev–Trinajstić information content (AvgIpc) is 2.52. The van der Waals surface area contributed by atoms with E-state index in [0.29, 0.717) is 6.42 Å². The average molecular weight is 149 g/mol. The molecule has 0 amide bonds. The summed E-state index contributed by atoms with van der Waals surface area (Å²) in [4.78, 5) is 0. The van der Waals surface area contributed by atoms with Gasteiger partial charge in [-0.3, -0.25) is 0 Å². The SMILES string of the molecule is CC#CCC(N)c1ccoc1. The Hall–Kier alpha value is -1.20. The van der Waals surface area contributed by atoms with Gasteiger partial charge in [0.1, 0.15) is 0 Å². The lowest BCUT2D eigenvalue weighted by molar-refractivity contribution is 0.559. The van der Waals surface area contributed by atoms with Crippen LogP contribution in [0.5, 0.6) is 0 Å². The molecule has 2 N–H and O–H groups in total. The van der Waals surface area contributed by atoms with Crippen LogP contribution in [0.3, 0.4) is 0 Å². The van der Waals surface area contributed by atoms with Gasteiger partial charge >= 0.3 is 0 Å². The van der Waals surface area contributed by atoms with Gasteiger partial charge in [0.15, 0.2) is 0 Å². The van der Waals surface area contributed by atoms with Gasteiger partial charge in [0, 0.05) is 18.0 Å². The van der Waals surface area contributed by atoms with Gasteiger partial charge in [-0.2, -0.15) is 0 Å². The molecule has 1 atom stereocenters. The maximum absolute atomic E-state index is 5.76. The van der Waals surface area contributed by atoms with Gasteiger partial charge in [0.05, 0.1) is 12.5 Å². The van der Waals surface area contributed by atoms with Crippen molar-refractivity contribution in [1.82, 2.24) is 0 Å². The number of hydrogen-bond donors (Lipinski definition) is 1. The number of nitrogens with two attached hydrogens (primary N) is 1. The molecule has 0 aliphatic heterocycles. The predicted molar refractivity (Wildman–Crippen MR) is 43.7 cm³/mol. The number of rotatable bonds is 2. The van der Waals surface area contributed by atoms with E-state index >= 15 is 0 Å². The lowest BCUT2D eigenvalue weighted by Gasteiger charge is -2.02. The third kappa shape index (κ3) is 2.14. The maximum atomic E-state index is 5.76. The normalized spacial score (nSPS) is 11.8. The molecule has 2 nitrogen and oxygen atoms in total. The summed E-state index contributed by atoms with van der Waals surface area (Å²) in [5.41, 5.74) is 6.77. The van der Waals surface area contributed by atoms with E-state index < -0.39 is 0 Å². The van der Waals surface area contributed by atoms with Crippen molar-refractivity contribution in [2.24, 2.45) is 5.73 Å². The Labute approximate surface area is 66.4 Å². The van der Waals surface area contributed by atoms with E-state index in [9.17, 15) is 0 Å². The van der Waals surface area contributed by atoms with Crippen molar-refractivity contribution in [3.8, 4) is 11.8 Å². The molecule has 0 aliphatic carbocycles. The zero-order chi connectivity index (χ0) is 8.10. The third-order valence-corrected chi connectivity index (χ3v) is 1.47. The monoisotopic (exact) mass is 149 g/mol. The third-order valence-electron chi connectivity index (χ3n) is 1.47. The van der Waals surface area contributed by atoms with E-state index in [2.05, 4.69) is 11.8 Å². The molecule has 0 aliphatic rings. The molecule has 58 valence electrons. The molecule has 0 aromatic carbocycles. The predicted octanol–water partition coefficient (Wildman–Crippen LogP) is 1.69. The first-order chi connectivity index (χ1) is 5.34. The molecular weight excluding hydrogens is 138 g/mol. The van der Waals surface area contributed by atoms with E-state index in [1.54, 1.807) is 12.5 Å². The summed E-state index contributed by atoms with van der Waals surface area (Å²) < 4.78 is 4.89. The highest BCUT2D eigenvalue weighted by Crippen LogP contribution is 2.12. The fraction of sp³-hybridized carbons (Fsp3) is 0.333. The molecule has 1 aromatic rings. The smallest absolute Gasteiger partial charge is 0.0950 e. The van der Waals surface area contributed by atoms with Crippen molar-refractivity contribution in [2.75, 3.05) is 0 Å². The lowest BCUT2D eigenvalue weighted by Crippen LogP contribution is -2.07. The first-order valence-electron chi connectivity index (χ1n) is 3.52. The standard InChI is InChI=1S/C9H11NO/c1-2-3-4-9(10)8-5-6-11-7-8/h5-7,9H,4,10H2,1H3. The van der Waals surface area contributed by atoms with Crippen LogP contribution in [-0.2, 0) is 0 Å². The van der Waals surface area contributed by atoms with Crippen molar-refractivity contribution in [3.63, 3.8) is 0 Å². The zero-order valence-electron chi connectivity index (χ0n) is 6.50. The summed E-state index contributed by atoms with van der Waals surface area (Å²) in [7, 11) is 0. The van der Waals surface area contributed by atoms with Crippen LogP contribution in [0.1, 0.15) is 24.9 Å². The fourth-order valence-corrected chi connectivity index (χ4v) is 0.816. The Morgan fingerprint density at radius 1 is 1.73 bits per heavy atom. The fourth-order valence-electron chi connectivity index (χ4n) is 0.816. The van der Waals surface area contributed by atoms with Crippen LogP contribution in [0, 0.1) is 11.8 Å². The first-order valence-corrected chi connectivity index (χ1v) is 3.52. The van der Waals surface area contributed by atoms with Gasteiger partial charge in [-0.05, 0) is 13.0 Å². The summed E-state index contributed by atoms with van der Waals surface area (Å²) in [5.74, 6) is 5.72. The topological polar surface area (TPSA) is 39.2 Å². The Morgan fingerprint density at radius 3 is 3.09 bits per heavy atom. The molecule has 0 radical (unpaired) electrons. The molecule has 0 saturated heterocycles. The van der Waals surface area contributed by atoms with Gasteiger partial charge in [0.2, 0.25) is 0 Å². The molecule has 11 heavy (non-hydrogen) atoms. The van der Waals surface area contributed by atoms with Gasteiger partial charge in [-0.1, -0.05) is 0 Å². The highest BCUT2D eigenvalue weighted by atomic mass is 16.3. The van der Waals surface area contributed by atoms with Crippen LogP contribution in [0.2, 0.25) is 0 Å². The molecule has 2 heteroatoms. The quantitative estimate of drug-likeness (QED) is 0.650. The second-order valence-electron chi connectivity index (χ2n) is 2.29. The van der Waals surface area contributed by atoms with Crippen LogP contribution in [0.4, 0.5) is 0 Å². The molecule has 1 rings (SSSR count). The van der Waals surface area contributed by atoms with E-state index in [0.717, 1.165) is 5.56 Å². The Morgan fingerprint density at radius 2 is 2.55 bits per heavy atom. The van der Waals surface area contributed by atoms with Crippen LogP contribution in [0.25, 0.3) is 0 Å². The molecule has 0 spiro atoms. The van der Waals surface area contributed by atoms with Gasteiger partial charge < -0.3 is 10.2 Å². The molecule has 1 unspecified atom stereocenters. The lowest BCUT2D eigenvalue weighted by atomic mass is 10.1. The minimum atomic E-state index is -0.0128. The van der Waals surface area contributed by atoms with Crippen LogP contribution < -0.4 is 5.73 Å². The maximum Gasteiger partial charge on any atom is 0.0950 e. The first kappa shape index (κ1) is 7.90. The van der Waals surface area contributed by atoms with Crippen LogP contribution in [-0.4, -0.2) is 0 Å². The summed E-state index contributed by atoms with van der Waals surface area (Å²) >= 11 is 0.